The minimum Gasteiger partial charge on any atom is -0.491 e. The van der Waals surface area contributed by atoms with E-state index >= 15 is 0 Å². The highest BCUT2D eigenvalue weighted by Crippen LogP contribution is 2.21. The van der Waals surface area contributed by atoms with Crippen molar-refractivity contribution in [1.29, 1.82) is 0 Å². The Balaban J connectivity index is 2.35. The number of aryl methyl sites for hydroxylation is 1. The molecule has 0 aliphatic rings. The summed E-state index contributed by atoms with van der Waals surface area (Å²) in [6.07, 6.45) is 0.966. The van der Waals surface area contributed by atoms with Gasteiger partial charge in [-0.15, -0.1) is 0 Å². The minimum absolute atomic E-state index is 0.135. The summed E-state index contributed by atoms with van der Waals surface area (Å²) in [6, 6.07) is 9.23. The molecule has 0 amide bonds. The lowest BCUT2D eigenvalue weighted by Crippen LogP contribution is -2.25. The van der Waals surface area contributed by atoms with Gasteiger partial charge in [0.2, 0.25) is 0 Å². The molecule has 21 heavy (non-hydrogen) atoms. The number of aromatic nitrogens is 2. The molecular formula is C16H21N3O2. The molecule has 0 saturated carbocycles. The molecule has 0 radical (unpaired) electrons. The van der Waals surface area contributed by atoms with E-state index in [0.29, 0.717) is 12.2 Å². The van der Waals surface area contributed by atoms with E-state index in [-0.39, 0.29) is 17.4 Å². The maximum Gasteiger partial charge on any atom is 0.289 e. The van der Waals surface area contributed by atoms with Crippen molar-refractivity contribution in [3.8, 4) is 17.0 Å². The average molecular weight is 287 g/mol. The number of anilines is 1. The maximum atomic E-state index is 11.9. The molecule has 0 bridgehead atoms. The summed E-state index contributed by atoms with van der Waals surface area (Å²) >= 11 is 0. The van der Waals surface area contributed by atoms with E-state index < -0.39 is 0 Å². The van der Waals surface area contributed by atoms with Gasteiger partial charge < -0.3 is 10.5 Å². The summed E-state index contributed by atoms with van der Waals surface area (Å²) in [6.45, 7) is 6.52. The second-order valence-electron chi connectivity index (χ2n) is 5.20. The van der Waals surface area contributed by atoms with Crippen molar-refractivity contribution in [2.24, 2.45) is 0 Å². The first kappa shape index (κ1) is 15.1. The fourth-order valence-electron chi connectivity index (χ4n) is 2.04. The summed E-state index contributed by atoms with van der Waals surface area (Å²) in [5.41, 5.74) is 7.37. The highest BCUT2D eigenvalue weighted by atomic mass is 16.5. The minimum atomic E-state index is -0.236. The first-order valence-corrected chi connectivity index (χ1v) is 7.16. The van der Waals surface area contributed by atoms with E-state index in [2.05, 4.69) is 5.10 Å². The summed E-state index contributed by atoms with van der Waals surface area (Å²) in [5.74, 6) is 0.809. The normalized spacial score (nSPS) is 10.9. The van der Waals surface area contributed by atoms with Crippen molar-refractivity contribution in [1.82, 2.24) is 9.78 Å². The summed E-state index contributed by atoms with van der Waals surface area (Å²) < 4.78 is 7.03. The molecule has 0 aliphatic heterocycles. The van der Waals surface area contributed by atoms with E-state index in [0.717, 1.165) is 17.7 Å². The molecule has 5 nitrogen and oxygen atoms in total. The van der Waals surface area contributed by atoms with Gasteiger partial charge in [-0.3, -0.25) is 4.79 Å². The number of nitrogen functional groups attached to an aromatic ring is 1. The lowest BCUT2D eigenvalue weighted by Gasteiger charge is -2.11. The van der Waals surface area contributed by atoms with Gasteiger partial charge in [-0.25, -0.2) is 4.68 Å². The molecule has 2 N–H and O–H groups in total. The fourth-order valence-corrected chi connectivity index (χ4v) is 2.04. The summed E-state index contributed by atoms with van der Waals surface area (Å²) in [4.78, 5) is 11.9. The Morgan fingerprint density at radius 3 is 2.52 bits per heavy atom. The van der Waals surface area contributed by atoms with Gasteiger partial charge in [0.15, 0.2) is 0 Å². The van der Waals surface area contributed by atoms with Gasteiger partial charge >= 0.3 is 0 Å². The van der Waals surface area contributed by atoms with E-state index in [4.69, 9.17) is 10.5 Å². The van der Waals surface area contributed by atoms with E-state index in [1.807, 2.05) is 45.0 Å². The molecule has 0 fully saturated rings. The zero-order chi connectivity index (χ0) is 15.4. The predicted molar refractivity (Wildman–Crippen MR) is 84.4 cm³/mol. The molecule has 5 heteroatoms. The summed E-state index contributed by atoms with van der Waals surface area (Å²) in [7, 11) is 0. The Morgan fingerprint density at radius 1 is 1.29 bits per heavy atom. The number of nitrogens with zero attached hydrogens (tertiary/aromatic N) is 2. The largest absolute Gasteiger partial charge is 0.491 e. The average Bonchev–Trinajstić information content (AvgIpc) is 2.44. The third-order valence-corrected chi connectivity index (χ3v) is 2.96. The summed E-state index contributed by atoms with van der Waals surface area (Å²) in [5, 5.41) is 4.37. The van der Waals surface area contributed by atoms with Crippen LogP contribution < -0.4 is 16.0 Å². The van der Waals surface area contributed by atoms with Crippen LogP contribution in [0.1, 0.15) is 27.2 Å². The highest BCUT2D eigenvalue weighted by Gasteiger charge is 2.08. The number of hydrogen-bond acceptors (Lipinski definition) is 4. The van der Waals surface area contributed by atoms with Gasteiger partial charge in [0.25, 0.3) is 5.56 Å². The Morgan fingerprint density at radius 2 is 1.95 bits per heavy atom. The Labute approximate surface area is 124 Å². The molecule has 2 rings (SSSR count). The number of benzene rings is 1. The predicted octanol–water partition coefficient (Wildman–Crippen LogP) is 2.69. The Hall–Kier alpha value is -2.30. The van der Waals surface area contributed by atoms with Crippen molar-refractivity contribution < 1.29 is 4.74 Å². The van der Waals surface area contributed by atoms with Gasteiger partial charge in [-0.2, -0.15) is 5.10 Å². The van der Waals surface area contributed by atoms with Crippen molar-refractivity contribution in [3.05, 3.63) is 40.7 Å². The van der Waals surface area contributed by atoms with Crippen LogP contribution in [0.4, 0.5) is 5.69 Å². The molecule has 1 aromatic carbocycles. The first-order valence-electron chi connectivity index (χ1n) is 7.16. The van der Waals surface area contributed by atoms with E-state index in [1.165, 1.54) is 4.68 Å². The van der Waals surface area contributed by atoms with Crippen molar-refractivity contribution in [3.63, 3.8) is 0 Å². The highest BCUT2D eigenvalue weighted by molar-refractivity contribution is 5.62. The molecule has 0 unspecified atom stereocenters. The van der Waals surface area contributed by atoms with Crippen LogP contribution in [-0.4, -0.2) is 15.9 Å². The second kappa shape index (κ2) is 6.43. The topological polar surface area (TPSA) is 70.1 Å². The maximum absolute atomic E-state index is 11.9. The third-order valence-electron chi connectivity index (χ3n) is 2.96. The molecule has 1 heterocycles. The number of nitrogens with two attached hydrogens (primary N) is 1. The van der Waals surface area contributed by atoms with Gasteiger partial charge in [0.05, 0.1) is 11.8 Å². The number of hydrogen-bond donors (Lipinski definition) is 1. The van der Waals surface area contributed by atoms with Crippen molar-refractivity contribution in [2.45, 2.75) is 39.8 Å². The van der Waals surface area contributed by atoms with Crippen LogP contribution >= 0.6 is 0 Å². The lowest BCUT2D eigenvalue weighted by atomic mass is 10.1. The van der Waals surface area contributed by atoms with E-state index in [9.17, 15) is 4.79 Å². The molecule has 2 aromatic rings. The molecule has 1 aromatic heterocycles. The Bertz CT molecular complexity index is 660. The molecule has 0 spiro atoms. The molecule has 112 valence electrons. The molecular weight excluding hydrogens is 266 g/mol. The van der Waals surface area contributed by atoms with E-state index in [1.54, 1.807) is 6.07 Å². The van der Waals surface area contributed by atoms with Crippen molar-refractivity contribution >= 4 is 5.69 Å². The second-order valence-corrected chi connectivity index (χ2v) is 5.20. The smallest absolute Gasteiger partial charge is 0.289 e. The molecule has 0 saturated heterocycles. The van der Waals surface area contributed by atoms with Crippen LogP contribution in [0.15, 0.2) is 35.1 Å². The van der Waals surface area contributed by atoms with Gasteiger partial charge in [0.1, 0.15) is 11.4 Å². The zero-order valence-electron chi connectivity index (χ0n) is 12.7. The van der Waals surface area contributed by atoms with Crippen LogP contribution in [0, 0.1) is 0 Å². The van der Waals surface area contributed by atoms with Crippen LogP contribution in [0.25, 0.3) is 11.3 Å². The third kappa shape index (κ3) is 3.62. The zero-order valence-corrected chi connectivity index (χ0v) is 12.7. The van der Waals surface area contributed by atoms with Gasteiger partial charge in [-0.05, 0) is 50.6 Å². The monoisotopic (exact) mass is 287 g/mol. The van der Waals surface area contributed by atoms with Crippen molar-refractivity contribution in [2.75, 3.05) is 5.73 Å². The van der Waals surface area contributed by atoms with Gasteiger partial charge in [-0.1, -0.05) is 6.92 Å². The van der Waals surface area contributed by atoms with Crippen LogP contribution in [-0.2, 0) is 6.54 Å². The van der Waals surface area contributed by atoms with Crippen LogP contribution in [0.5, 0.6) is 5.75 Å². The fraction of sp³-hybridized carbons (Fsp3) is 0.375. The Kier molecular flexibility index (Phi) is 4.62. The standard InChI is InChI=1S/C16H21N3O2/c1-4-9-19-16(20)14(17)10-15(18-19)12-5-7-13(8-6-12)21-11(2)3/h5-8,10-11H,4,9,17H2,1-3H3. The molecule has 0 atom stereocenters. The quantitative estimate of drug-likeness (QED) is 0.918. The molecule has 0 aliphatic carbocycles. The first-order chi connectivity index (χ1) is 10.0. The van der Waals surface area contributed by atoms with Gasteiger partial charge in [0, 0.05) is 12.1 Å². The number of rotatable bonds is 5. The number of ether oxygens (including phenoxy) is 1. The van der Waals surface area contributed by atoms with Crippen LogP contribution in [0.2, 0.25) is 0 Å². The van der Waals surface area contributed by atoms with Crippen LogP contribution in [0.3, 0.4) is 0 Å². The SMILES string of the molecule is CCCn1nc(-c2ccc(OC(C)C)cc2)cc(N)c1=O. The lowest BCUT2D eigenvalue weighted by molar-refractivity contribution is 0.242.